The summed E-state index contributed by atoms with van der Waals surface area (Å²) in [7, 11) is 0. The summed E-state index contributed by atoms with van der Waals surface area (Å²) in [4.78, 5) is 0. The van der Waals surface area contributed by atoms with Crippen molar-refractivity contribution < 1.29 is 0 Å². The second kappa shape index (κ2) is 3.43. The van der Waals surface area contributed by atoms with Crippen molar-refractivity contribution in [2.24, 2.45) is 11.1 Å². The highest BCUT2D eigenvalue weighted by Gasteiger charge is 2.41. The van der Waals surface area contributed by atoms with E-state index in [0.29, 0.717) is 5.41 Å². The van der Waals surface area contributed by atoms with E-state index < -0.39 is 0 Å². The average molecular weight is 240 g/mol. The molecule has 1 aliphatic rings. The third-order valence-corrected chi connectivity index (χ3v) is 3.69. The fraction of sp³-hybridized carbons (Fsp3) is 0.455. The number of rotatable bonds is 3. The standard InChI is InChI=1S/C11H14BrN/c12-10-4-2-1-3-9(10)7-11(8-13)5-6-11/h1-4H,5-8,13H2. The van der Waals surface area contributed by atoms with Crippen molar-refractivity contribution in [3.8, 4) is 0 Å². The molecule has 0 radical (unpaired) electrons. The Morgan fingerprint density at radius 1 is 1.31 bits per heavy atom. The second-order valence-electron chi connectivity index (χ2n) is 3.97. The van der Waals surface area contributed by atoms with E-state index in [-0.39, 0.29) is 0 Å². The summed E-state index contributed by atoms with van der Waals surface area (Å²) in [5.41, 5.74) is 7.58. The number of hydrogen-bond donors (Lipinski definition) is 1. The van der Waals surface area contributed by atoms with Gasteiger partial charge in [-0.05, 0) is 42.9 Å². The summed E-state index contributed by atoms with van der Waals surface area (Å²) in [6.07, 6.45) is 3.72. The van der Waals surface area contributed by atoms with Gasteiger partial charge in [-0.25, -0.2) is 0 Å². The molecule has 2 N–H and O–H groups in total. The Kier molecular flexibility index (Phi) is 2.43. The zero-order valence-corrected chi connectivity index (χ0v) is 9.18. The Hall–Kier alpha value is -0.340. The van der Waals surface area contributed by atoms with E-state index in [1.165, 1.54) is 22.9 Å². The summed E-state index contributed by atoms with van der Waals surface area (Å²) in [5, 5.41) is 0. The molecule has 0 heterocycles. The van der Waals surface area contributed by atoms with Crippen LogP contribution in [0.4, 0.5) is 0 Å². The average Bonchev–Trinajstić information content (AvgIpc) is 2.90. The lowest BCUT2D eigenvalue weighted by Gasteiger charge is -2.12. The summed E-state index contributed by atoms with van der Waals surface area (Å²) < 4.78 is 1.22. The number of halogens is 1. The first kappa shape index (κ1) is 9.22. The van der Waals surface area contributed by atoms with Crippen molar-refractivity contribution in [3.63, 3.8) is 0 Å². The third-order valence-electron chi connectivity index (χ3n) is 2.91. The van der Waals surface area contributed by atoms with Crippen LogP contribution in [0.15, 0.2) is 28.7 Å². The van der Waals surface area contributed by atoms with Gasteiger partial charge in [0, 0.05) is 4.47 Å². The van der Waals surface area contributed by atoms with Crippen molar-refractivity contribution in [1.29, 1.82) is 0 Å². The van der Waals surface area contributed by atoms with Crippen LogP contribution < -0.4 is 5.73 Å². The first-order valence-electron chi connectivity index (χ1n) is 4.69. The molecule has 0 aromatic heterocycles. The largest absolute Gasteiger partial charge is 0.330 e. The van der Waals surface area contributed by atoms with Gasteiger partial charge in [0.2, 0.25) is 0 Å². The van der Waals surface area contributed by atoms with E-state index in [0.717, 1.165) is 13.0 Å². The molecule has 1 aromatic rings. The fourth-order valence-electron chi connectivity index (χ4n) is 1.68. The highest BCUT2D eigenvalue weighted by atomic mass is 79.9. The first-order valence-corrected chi connectivity index (χ1v) is 5.49. The Bertz CT molecular complexity index is 305. The SMILES string of the molecule is NCC1(Cc2ccccc2Br)CC1. The second-order valence-corrected chi connectivity index (χ2v) is 4.83. The molecule has 0 unspecified atom stereocenters. The van der Waals surface area contributed by atoms with Crippen LogP contribution in [0.1, 0.15) is 18.4 Å². The number of nitrogens with two attached hydrogens (primary N) is 1. The normalized spacial score (nSPS) is 18.6. The van der Waals surface area contributed by atoms with Gasteiger partial charge in [-0.3, -0.25) is 0 Å². The van der Waals surface area contributed by atoms with Crippen LogP contribution in [0.3, 0.4) is 0 Å². The van der Waals surface area contributed by atoms with Crippen molar-refractivity contribution in [3.05, 3.63) is 34.3 Å². The maximum absolute atomic E-state index is 5.75. The summed E-state index contributed by atoms with van der Waals surface area (Å²) in [6, 6.07) is 8.42. The summed E-state index contributed by atoms with van der Waals surface area (Å²) >= 11 is 3.57. The van der Waals surface area contributed by atoms with Crippen molar-refractivity contribution in [1.82, 2.24) is 0 Å². The lowest BCUT2D eigenvalue weighted by atomic mass is 9.97. The quantitative estimate of drug-likeness (QED) is 0.863. The van der Waals surface area contributed by atoms with Gasteiger partial charge in [-0.2, -0.15) is 0 Å². The van der Waals surface area contributed by atoms with Gasteiger partial charge in [-0.15, -0.1) is 0 Å². The van der Waals surface area contributed by atoms with E-state index >= 15 is 0 Å². The van der Waals surface area contributed by atoms with Gasteiger partial charge in [-0.1, -0.05) is 34.1 Å². The Balaban J connectivity index is 2.14. The zero-order valence-electron chi connectivity index (χ0n) is 7.59. The van der Waals surface area contributed by atoms with Crippen LogP contribution in [0.25, 0.3) is 0 Å². The van der Waals surface area contributed by atoms with Crippen LogP contribution in [0.2, 0.25) is 0 Å². The molecule has 2 heteroatoms. The van der Waals surface area contributed by atoms with E-state index in [4.69, 9.17) is 5.73 Å². The molecule has 70 valence electrons. The molecule has 13 heavy (non-hydrogen) atoms. The lowest BCUT2D eigenvalue weighted by Crippen LogP contribution is -2.18. The van der Waals surface area contributed by atoms with Gasteiger partial charge in [0.05, 0.1) is 0 Å². The highest BCUT2D eigenvalue weighted by Crippen LogP contribution is 2.47. The summed E-state index contributed by atoms with van der Waals surface area (Å²) in [5.74, 6) is 0. The van der Waals surface area contributed by atoms with Crippen LogP contribution in [-0.2, 0) is 6.42 Å². The molecule has 1 aromatic carbocycles. The molecule has 0 bridgehead atoms. The van der Waals surface area contributed by atoms with Gasteiger partial charge in [0.1, 0.15) is 0 Å². The van der Waals surface area contributed by atoms with E-state index in [9.17, 15) is 0 Å². The molecule has 1 fully saturated rings. The number of hydrogen-bond acceptors (Lipinski definition) is 1. The molecule has 0 atom stereocenters. The maximum Gasteiger partial charge on any atom is 0.0207 e. The Morgan fingerprint density at radius 3 is 2.54 bits per heavy atom. The van der Waals surface area contributed by atoms with Gasteiger partial charge in [0.15, 0.2) is 0 Å². The first-order chi connectivity index (χ1) is 6.26. The van der Waals surface area contributed by atoms with E-state index in [2.05, 4.69) is 40.2 Å². The lowest BCUT2D eigenvalue weighted by molar-refractivity contribution is 0.520. The monoisotopic (exact) mass is 239 g/mol. The van der Waals surface area contributed by atoms with Crippen molar-refractivity contribution in [2.75, 3.05) is 6.54 Å². The van der Waals surface area contributed by atoms with Crippen molar-refractivity contribution >= 4 is 15.9 Å². The van der Waals surface area contributed by atoms with Crippen LogP contribution >= 0.6 is 15.9 Å². The Morgan fingerprint density at radius 2 is 2.00 bits per heavy atom. The number of benzene rings is 1. The fourth-order valence-corrected chi connectivity index (χ4v) is 2.10. The van der Waals surface area contributed by atoms with Gasteiger partial charge >= 0.3 is 0 Å². The molecular weight excluding hydrogens is 226 g/mol. The molecule has 0 spiro atoms. The van der Waals surface area contributed by atoms with Gasteiger partial charge in [0.25, 0.3) is 0 Å². The molecule has 1 nitrogen and oxygen atoms in total. The zero-order chi connectivity index (χ0) is 9.31. The predicted molar refractivity (Wildman–Crippen MR) is 58.6 cm³/mol. The maximum atomic E-state index is 5.75. The minimum atomic E-state index is 0.434. The smallest absolute Gasteiger partial charge is 0.0207 e. The van der Waals surface area contributed by atoms with Crippen LogP contribution in [0, 0.1) is 5.41 Å². The van der Waals surface area contributed by atoms with Gasteiger partial charge < -0.3 is 5.73 Å². The summed E-state index contributed by atoms with van der Waals surface area (Å²) in [6.45, 7) is 0.828. The predicted octanol–water partition coefficient (Wildman–Crippen LogP) is 2.73. The molecule has 0 amide bonds. The minimum absolute atomic E-state index is 0.434. The highest BCUT2D eigenvalue weighted by molar-refractivity contribution is 9.10. The molecule has 0 saturated heterocycles. The van der Waals surface area contributed by atoms with E-state index in [1.807, 2.05) is 0 Å². The molecule has 1 aliphatic carbocycles. The van der Waals surface area contributed by atoms with Crippen molar-refractivity contribution in [2.45, 2.75) is 19.3 Å². The molecular formula is C11H14BrN. The van der Waals surface area contributed by atoms with E-state index in [1.54, 1.807) is 0 Å². The Labute approximate surface area is 87.5 Å². The molecule has 2 rings (SSSR count). The molecule has 0 aliphatic heterocycles. The van der Waals surface area contributed by atoms with Crippen LogP contribution in [-0.4, -0.2) is 6.54 Å². The molecule has 1 saturated carbocycles. The van der Waals surface area contributed by atoms with Crippen LogP contribution in [0.5, 0.6) is 0 Å². The topological polar surface area (TPSA) is 26.0 Å². The minimum Gasteiger partial charge on any atom is -0.330 e. The third kappa shape index (κ3) is 1.94.